The van der Waals surface area contributed by atoms with E-state index in [1.165, 1.54) is 63.7 Å². The van der Waals surface area contributed by atoms with E-state index in [2.05, 4.69) is 177 Å². The topological polar surface area (TPSA) is 43.9 Å². The fraction of sp³-hybridized carbons (Fsp3) is 0.292. The third-order valence-corrected chi connectivity index (χ3v) is 37.3. The molecular weight excluding hydrogens is 1200 g/mol. The molecule has 0 aliphatic carbocycles. The van der Waals surface area contributed by atoms with E-state index in [-0.39, 0.29) is 42.4 Å². The molecule has 0 radical (unpaired) electrons. The van der Waals surface area contributed by atoms with E-state index in [0.29, 0.717) is 11.4 Å². The number of aryl methyl sites for hydroxylation is 5. The molecule has 7 heterocycles. The summed E-state index contributed by atoms with van der Waals surface area (Å²) in [6, 6.07) is 55.7. The summed E-state index contributed by atoms with van der Waals surface area (Å²) in [5.41, 5.74) is 9.56. The van der Waals surface area contributed by atoms with Crippen LogP contribution in [0.25, 0.3) is 61.0 Å². The van der Waals surface area contributed by atoms with Crippen LogP contribution in [-0.4, -0.2) is 39.1 Å². The van der Waals surface area contributed by atoms with Crippen LogP contribution >= 0.6 is 0 Å². The molecule has 0 amide bonds. The summed E-state index contributed by atoms with van der Waals surface area (Å²) in [6.45, 7) is 27.3. The maximum atomic E-state index is 9.43. The first-order chi connectivity index (χ1) is 41.2. The first-order valence-corrected chi connectivity index (χ1v) is 35.0. The third kappa shape index (κ3) is 8.18. The molecule has 81 heavy (non-hydrogen) atoms. The van der Waals surface area contributed by atoms with Crippen LogP contribution in [0.3, 0.4) is 0 Å². The fourth-order valence-corrected chi connectivity index (χ4v) is 22.1. The van der Waals surface area contributed by atoms with Gasteiger partial charge in [-0.05, 0) is 67.8 Å². The van der Waals surface area contributed by atoms with Crippen LogP contribution in [0.5, 0.6) is 0 Å². The van der Waals surface area contributed by atoms with Crippen LogP contribution in [0.1, 0.15) is 111 Å². The molecule has 0 N–H and O–H groups in total. The number of nitrogens with zero attached hydrogens (tertiary/aromatic N) is 6. The minimum Gasteiger partial charge on any atom is -0.273 e. The Labute approximate surface area is 506 Å². The normalized spacial score (nSPS) is 19.1. The average molecular weight is 1280 g/mol. The van der Waals surface area contributed by atoms with E-state index in [0.717, 1.165) is 44.8 Å². The first kappa shape index (κ1) is 45.8. The second-order valence-electron chi connectivity index (χ2n) is 25.4. The van der Waals surface area contributed by atoms with Crippen molar-refractivity contribution in [3.8, 4) is 33.6 Å². The van der Waals surface area contributed by atoms with Crippen LogP contribution in [0.15, 0.2) is 164 Å². The van der Waals surface area contributed by atoms with E-state index in [1.54, 1.807) is 22.6 Å². The predicted octanol–water partition coefficient (Wildman–Crippen LogP) is 14.5. The molecule has 0 saturated heterocycles. The molecule has 0 fully saturated rings. The Hall–Kier alpha value is -6.75. The molecule has 0 atom stereocenters. The average Bonchev–Trinajstić information content (AvgIpc) is 1.67. The summed E-state index contributed by atoms with van der Waals surface area (Å²) < 4.78 is 83.9. The summed E-state index contributed by atoms with van der Waals surface area (Å²) in [5, 5.41) is 16.8. The van der Waals surface area contributed by atoms with Gasteiger partial charge in [0.25, 0.3) is 0 Å². The number of rotatable bonds is 8. The zero-order valence-electron chi connectivity index (χ0n) is 56.6. The Morgan fingerprint density at radius 3 is 1.53 bits per heavy atom. The summed E-state index contributed by atoms with van der Waals surface area (Å²) >= 11 is 0. The molecule has 4 aromatic heterocycles. The molecule has 408 valence electrons. The Kier molecular flexibility index (Phi) is 11.0. The Morgan fingerprint density at radius 2 is 1.01 bits per heavy atom. The molecule has 3 aliphatic heterocycles. The van der Waals surface area contributed by atoms with Crippen molar-refractivity contribution in [2.45, 2.75) is 129 Å². The zero-order valence-corrected chi connectivity index (χ0v) is 53.0. The number of para-hydroxylation sites is 1. The number of hydrogen-bond acceptors (Lipinski definition) is 2. The van der Waals surface area contributed by atoms with Crippen LogP contribution in [-0.2, 0) is 74.3 Å². The van der Waals surface area contributed by atoms with Gasteiger partial charge in [-0.1, -0.05) is 208 Å². The number of fused-ring (bicyclic) bond motifs is 9. The van der Waals surface area contributed by atoms with Gasteiger partial charge in [-0.25, -0.2) is 4.40 Å². The van der Waals surface area contributed by atoms with Crippen molar-refractivity contribution in [2.75, 3.05) is 0 Å². The van der Waals surface area contributed by atoms with Crippen LogP contribution in [0.2, 0.25) is 26.2 Å². The SMILES string of the molecule is C[n+]1cc2n3c4c(cccc4c4ccc[c-]c4c31)[Si](C)(C)[Si]2(C)C.[2H]C([2H])(c1cccc(C([2H])([2H])C([2H])([2H])c2c[c-]c3c(c2)C(C)(C)C(C)(C)c2c(-c4ccccc4)cnn2-3)c1)C([2H])([2H])c1c[c-]c2c(c1)C(C)(C)C(C)(C)c1c(-c3ccccc3)cnn1-2.[Ir+3]. The number of benzene rings is 7. The van der Waals surface area contributed by atoms with E-state index < -0.39 is 62.3 Å². The quantitative estimate of drug-likeness (QED) is 0.0659. The van der Waals surface area contributed by atoms with Gasteiger partial charge in [-0.2, -0.15) is 57.7 Å². The van der Waals surface area contributed by atoms with Gasteiger partial charge in [-0.3, -0.25) is 13.9 Å². The van der Waals surface area contributed by atoms with E-state index in [1.807, 2.05) is 64.2 Å². The van der Waals surface area contributed by atoms with Crippen molar-refractivity contribution in [1.82, 2.24) is 24.0 Å². The van der Waals surface area contributed by atoms with Crippen molar-refractivity contribution < 1.29 is 35.6 Å². The van der Waals surface area contributed by atoms with Gasteiger partial charge >= 0.3 is 20.1 Å². The molecule has 3 aliphatic rings. The summed E-state index contributed by atoms with van der Waals surface area (Å²) in [7, 11) is -0.875. The second kappa shape index (κ2) is 19.4. The monoisotopic (exact) mass is 1280 g/mol. The molecule has 11 aromatic rings. The van der Waals surface area contributed by atoms with Crippen molar-refractivity contribution in [1.29, 1.82) is 0 Å². The smallest absolute Gasteiger partial charge is 0.273 e. The van der Waals surface area contributed by atoms with Gasteiger partial charge in [-0.15, -0.1) is 35.4 Å². The minimum absolute atomic E-state index is 0. The maximum Gasteiger partial charge on any atom is 3.00 e. The number of imidazole rings is 1. The molecule has 0 unspecified atom stereocenters. The van der Waals surface area contributed by atoms with Crippen molar-refractivity contribution in [3.63, 3.8) is 0 Å². The maximum absolute atomic E-state index is 9.43. The molecule has 9 heteroatoms. The number of pyridine rings is 1. The van der Waals surface area contributed by atoms with E-state index in [9.17, 15) is 11.0 Å². The Morgan fingerprint density at radius 1 is 0.531 bits per heavy atom. The van der Waals surface area contributed by atoms with E-state index >= 15 is 0 Å². The Balaban J connectivity index is 0.000000255. The standard InChI is InChI=1S/C52H52N4.C20H22N2Si2.Ir/c1-49(2)43-31-37(26-28-45(43)55-47(51(49,5)6)41(33-53-55)39-18-11-9-12-19-39)24-22-35-16-15-17-36(30-35)23-25-38-27-29-46-44(32-38)50(3,4)52(7,8)48-42(34-54-56(46)48)40-20-13-10-14-21-40;1-21-13-18-22-19-15(14-9-6-7-10-16(14)20(21)22)11-8-12-17(19)23(2,3)24(18,4)5;/h9-21,26-27,30-34H,22-25H2,1-8H3;6-9,11-13H,1-5H3;/q-2;;+3/i22D2,23D2,24D2,25D2;;. The molecule has 7 aromatic carbocycles. The van der Waals surface area contributed by atoms with Crippen LogP contribution in [0, 0.1) is 18.2 Å². The van der Waals surface area contributed by atoms with Gasteiger partial charge in [0.2, 0.25) is 5.65 Å². The van der Waals surface area contributed by atoms with Crippen molar-refractivity contribution in [2.24, 2.45) is 7.05 Å². The first-order valence-electron chi connectivity index (χ1n) is 32.0. The molecular formula is C72H74IrN6Si2+. The summed E-state index contributed by atoms with van der Waals surface area (Å²) in [5.74, 6) is 0. The number of hydrogen-bond donors (Lipinski definition) is 0. The Bertz CT molecular complexity index is 4480. The molecule has 0 bridgehead atoms. The van der Waals surface area contributed by atoms with Crippen LogP contribution in [0.4, 0.5) is 0 Å². The fourth-order valence-electron chi connectivity index (χ4n) is 13.1. The van der Waals surface area contributed by atoms with Gasteiger partial charge in [0.05, 0.1) is 38.4 Å². The van der Waals surface area contributed by atoms with Gasteiger partial charge in [0.15, 0.2) is 0 Å². The number of aromatic nitrogens is 6. The molecule has 6 nitrogen and oxygen atoms in total. The second-order valence-corrected chi connectivity index (χ2v) is 40.5. The summed E-state index contributed by atoms with van der Waals surface area (Å²) in [4.78, 5) is 0. The third-order valence-electron chi connectivity index (χ3n) is 19.8. The van der Waals surface area contributed by atoms with Crippen molar-refractivity contribution >= 4 is 53.0 Å². The zero-order chi connectivity index (χ0) is 63.1. The molecule has 0 saturated carbocycles. The van der Waals surface area contributed by atoms with Gasteiger partial charge in [0, 0.05) is 32.9 Å². The van der Waals surface area contributed by atoms with Gasteiger partial charge in [0.1, 0.15) is 24.6 Å². The minimum atomic E-state index is -2.69. The molecule has 0 spiro atoms. The van der Waals surface area contributed by atoms with E-state index in [4.69, 9.17) is 10.2 Å². The predicted molar refractivity (Wildman–Crippen MR) is 336 cm³/mol. The summed E-state index contributed by atoms with van der Waals surface area (Å²) in [6.07, 6.45) is -4.50. The van der Waals surface area contributed by atoms with Crippen LogP contribution < -0.4 is 15.1 Å². The van der Waals surface area contributed by atoms with Gasteiger partial charge < -0.3 is 0 Å². The van der Waals surface area contributed by atoms with Crippen molar-refractivity contribution in [3.05, 3.63) is 227 Å². The largest absolute Gasteiger partial charge is 3.00 e. The molecule has 14 rings (SSSR count).